The van der Waals surface area contributed by atoms with Crippen molar-refractivity contribution < 1.29 is 23.7 Å². The van der Waals surface area contributed by atoms with E-state index in [0.717, 1.165) is 0 Å². The largest absolute Gasteiger partial charge is 0.497 e. The molecule has 0 unspecified atom stereocenters. The minimum absolute atomic E-state index is 0.227. The van der Waals surface area contributed by atoms with Crippen LogP contribution in [-0.4, -0.2) is 33.1 Å². The Bertz CT molecular complexity index is 720. The maximum Gasteiger partial charge on any atom is 0.319 e. The van der Waals surface area contributed by atoms with E-state index in [9.17, 15) is 4.79 Å². The number of hydrogen-bond donors (Lipinski definition) is 2. The van der Waals surface area contributed by atoms with Gasteiger partial charge in [-0.05, 0) is 24.3 Å². The van der Waals surface area contributed by atoms with Crippen molar-refractivity contribution in [1.82, 2.24) is 5.32 Å². The molecule has 0 spiro atoms. The lowest BCUT2D eigenvalue weighted by Crippen LogP contribution is -2.32. The standard InChI is InChI=1S/C17H18N2O5/c1-21-13-4-2-3-12(9-13)19-17(20)18-7-8-22-14-5-6-15-16(10-14)24-11-23-15/h2-6,9-10H,7-8,11H2,1H3,(H2,18,19,20). The summed E-state index contributed by atoms with van der Waals surface area (Å²) >= 11 is 0. The van der Waals surface area contributed by atoms with Crippen LogP contribution in [-0.2, 0) is 0 Å². The van der Waals surface area contributed by atoms with E-state index in [-0.39, 0.29) is 12.8 Å². The summed E-state index contributed by atoms with van der Waals surface area (Å²) in [4.78, 5) is 11.8. The molecule has 7 heteroatoms. The molecule has 1 aliphatic rings. The predicted octanol–water partition coefficient (Wildman–Crippen LogP) is 2.62. The summed E-state index contributed by atoms with van der Waals surface area (Å²) < 4.78 is 21.2. The second-order valence-electron chi connectivity index (χ2n) is 4.98. The average molecular weight is 330 g/mol. The molecule has 7 nitrogen and oxygen atoms in total. The number of methoxy groups -OCH3 is 1. The highest BCUT2D eigenvalue weighted by atomic mass is 16.7. The van der Waals surface area contributed by atoms with Gasteiger partial charge in [-0.3, -0.25) is 0 Å². The fourth-order valence-corrected chi connectivity index (χ4v) is 2.18. The first-order valence-electron chi connectivity index (χ1n) is 7.46. The van der Waals surface area contributed by atoms with Gasteiger partial charge in [-0.2, -0.15) is 0 Å². The monoisotopic (exact) mass is 330 g/mol. The minimum Gasteiger partial charge on any atom is -0.497 e. The Hall–Kier alpha value is -3.09. The molecule has 0 radical (unpaired) electrons. The summed E-state index contributed by atoms with van der Waals surface area (Å²) in [7, 11) is 1.58. The number of ether oxygens (including phenoxy) is 4. The normalized spacial score (nSPS) is 11.7. The van der Waals surface area contributed by atoms with Crippen LogP contribution in [0.15, 0.2) is 42.5 Å². The van der Waals surface area contributed by atoms with Crippen LogP contribution in [0.2, 0.25) is 0 Å². The summed E-state index contributed by atoms with van der Waals surface area (Å²) in [6.45, 7) is 0.931. The molecule has 2 amide bonds. The van der Waals surface area contributed by atoms with Crippen molar-refractivity contribution in [3.05, 3.63) is 42.5 Å². The van der Waals surface area contributed by atoms with E-state index >= 15 is 0 Å². The van der Waals surface area contributed by atoms with Crippen LogP contribution in [0.1, 0.15) is 0 Å². The number of hydrogen-bond acceptors (Lipinski definition) is 5. The molecule has 2 aromatic carbocycles. The fourth-order valence-electron chi connectivity index (χ4n) is 2.18. The molecule has 24 heavy (non-hydrogen) atoms. The summed E-state index contributed by atoms with van der Waals surface area (Å²) in [5.41, 5.74) is 0.656. The third-order valence-electron chi connectivity index (χ3n) is 3.33. The molecule has 0 saturated heterocycles. The first-order chi connectivity index (χ1) is 11.7. The number of carbonyl (C=O) groups excluding carboxylic acids is 1. The van der Waals surface area contributed by atoms with Crippen LogP contribution >= 0.6 is 0 Å². The van der Waals surface area contributed by atoms with Gasteiger partial charge in [0, 0.05) is 17.8 Å². The predicted molar refractivity (Wildman–Crippen MR) is 88.1 cm³/mol. The van der Waals surface area contributed by atoms with Gasteiger partial charge in [0.05, 0.1) is 13.7 Å². The molecular weight excluding hydrogens is 312 g/mol. The van der Waals surface area contributed by atoms with Gasteiger partial charge in [-0.15, -0.1) is 0 Å². The molecule has 0 fully saturated rings. The van der Waals surface area contributed by atoms with Gasteiger partial charge >= 0.3 is 6.03 Å². The maximum absolute atomic E-state index is 11.8. The smallest absolute Gasteiger partial charge is 0.319 e. The lowest BCUT2D eigenvalue weighted by Gasteiger charge is -2.10. The first-order valence-corrected chi connectivity index (χ1v) is 7.46. The van der Waals surface area contributed by atoms with Gasteiger partial charge in [0.2, 0.25) is 6.79 Å². The number of urea groups is 1. The molecular formula is C17H18N2O5. The maximum atomic E-state index is 11.8. The van der Waals surface area contributed by atoms with E-state index in [1.807, 2.05) is 6.07 Å². The van der Waals surface area contributed by atoms with Crippen LogP contribution < -0.4 is 29.6 Å². The number of anilines is 1. The molecule has 0 aliphatic carbocycles. The van der Waals surface area contributed by atoms with Gasteiger partial charge in [0.25, 0.3) is 0 Å². The van der Waals surface area contributed by atoms with Gasteiger partial charge in [0.15, 0.2) is 11.5 Å². The lowest BCUT2D eigenvalue weighted by atomic mass is 10.3. The van der Waals surface area contributed by atoms with Gasteiger partial charge < -0.3 is 29.6 Å². The quantitative estimate of drug-likeness (QED) is 0.796. The van der Waals surface area contributed by atoms with Crippen molar-refractivity contribution >= 4 is 11.7 Å². The van der Waals surface area contributed by atoms with Crippen LogP contribution in [0.5, 0.6) is 23.0 Å². The van der Waals surface area contributed by atoms with Crippen molar-refractivity contribution in [3.8, 4) is 23.0 Å². The minimum atomic E-state index is -0.308. The number of benzene rings is 2. The molecule has 1 aliphatic heterocycles. The van der Waals surface area contributed by atoms with E-state index in [4.69, 9.17) is 18.9 Å². The summed E-state index contributed by atoms with van der Waals surface area (Å²) in [5.74, 6) is 2.71. The zero-order valence-electron chi connectivity index (χ0n) is 13.2. The van der Waals surface area contributed by atoms with Crippen LogP contribution in [0.3, 0.4) is 0 Å². The van der Waals surface area contributed by atoms with Gasteiger partial charge in [-0.25, -0.2) is 4.79 Å². The van der Waals surface area contributed by atoms with E-state index in [1.54, 1.807) is 43.5 Å². The van der Waals surface area contributed by atoms with E-state index < -0.39 is 0 Å². The molecule has 126 valence electrons. The second kappa shape index (κ2) is 7.45. The number of carbonyl (C=O) groups is 1. The SMILES string of the molecule is COc1cccc(NC(=O)NCCOc2ccc3c(c2)OCO3)c1. The zero-order chi connectivity index (χ0) is 16.8. The Morgan fingerprint density at radius 2 is 2.00 bits per heavy atom. The van der Waals surface area contributed by atoms with Crippen LogP contribution in [0, 0.1) is 0 Å². The van der Waals surface area contributed by atoms with Crippen molar-refractivity contribution in [1.29, 1.82) is 0 Å². The van der Waals surface area contributed by atoms with Crippen LogP contribution in [0.4, 0.5) is 10.5 Å². The molecule has 0 aromatic heterocycles. The molecule has 0 bridgehead atoms. The summed E-state index contributed by atoms with van der Waals surface area (Å²) in [6.07, 6.45) is 0. The van der Waals surface area contributed by atoms with Crippen molar-refractivity contribution in [2.75, 3.05) is 32.4 Å². The summed E-state index contributed by atoms with van der Waals surface area (Å²) in [5, 5.41) is 5.45. The zero-order valence-corrected chi connectivity index (χ0v) is 13.2. The fraction of sp³-hybridized carbons (Fsp3) is 0.235. The molecule has 2 N–H and O–H groups in total. The highest BCUT2D eigenvalue weighted by Gasteiger charge is 2.13. The molecule has 0 atom stereocenters. The summed E-state index contributed by atoms with van der Waals surface area (Å²) in [6, 6.07) is 12.2. The molecule has 0 saturated carbocycles. The Morgan fingerprint density at radius 3 is 2.88 bits per heavy atom. The topological polar surface area (TPSA) is 78.1 Å². The number of nitrogens with one attached hydrogen (secondary N) is 2. The first kappa shape index (κ1) is 15.8. The average Bonchev–Trinajstić information content (AvgIpc) is 3.06. The third-order valence-corrected chi connectivity index (χ3v) is 3.33. The molecule has 2 aromatic rings. The Labute approximate surface area is 139 Å². The number of fused-ring (bicyclic) bond motifs is 1. The third kappa shape index (κ3) is 4.01. The number of amides is 2. The van der Waals surface area contributed by atoms with E-state index in [0.29, 0.717) is 41.8 Å². The van der Waals surface area contributed by atoms with Gasteiger partial charge in [-0.1, -0.05) is 6.07 Å². The lowest BCUT2D eigenvalue weighted by molar-refractivity contribution is 0.173. The molecule has 3 rings (SSSR count). The van der Waals surface area contributed by atoms with E-state index in [2.05, 4.69) is 10.6 Å². The molecule has 1 heterocycles. The number of rotatable bonds is 6. The Morgan fingerprint density at radius 1 is 1.12 bits per heavy atom. The highest BCUT2D eigenvalue weighted by Crippen LogP contribution is 2.34. The Balaban J connectivity index is 1.40. The van der Waals surface area contributed by atoms with Crippen LogP contribution in [0.25, 0.3) is 0 Å². The van der Waals surface area contributed by atoms with E-state index in [1.165, 1.54) is 0 Å². The van der Waals surface area contributed by atoms with Crippen molar-refractivity contribution in [2.24, 2.45) is 0 Å². The Kier molecular flexibility index (Phi) is 4.90. The van der Waals surface area contributed by atoms with Crippen molar-refractivity contribution in [2.45, 2.75) is 0 Å². The second-order valence-corrected chi connectivity index (χ2v) is 4.98. The van der Waals surface area contributed by atoms with Crippen molar-refractivity contribution in [3.63, 3.8) is 0 Å². The van der Waals surface area contributed by atoms with Gasteiger partial charge in [0.1, 0.15) is 18.1 Å². The highest BCUT2D eigenvalue weighted by molar-refractivity contribution is 5.89.